The van der Waals surface area contributed by atoms with Gasteiger partial charge >= 0.3 is 0 Å². The number of nitrogens with zero attached hydrogens (tertiary/aromatic N) is 3. The van der Waals surface area contributed by atoms with Crippen LogP contribution in [0.15, 0.2) is 66.9 Å². The lowest BCUT2D eigenvalue weighted by Gasteiger charge is -2.28. The van der Waals surface area contributed by atoms with Gasteiger partial charge in [0.25, 0.3) is 5.91 Å². The van der Waals surface area contributed by atoms with Crippen LogP contribution >= 0.6 is 0 Å². The van der Waals surface area contributed by atoms with E-state index in [0.29, 0.717) is 28.0 Å². The zero-order chi connectivity index (χ0) is 34.8. The van der Waals surface area contributed by atoms with Crippen LogP contribution < -0.4 is 9.62 Å². The fraction of sp³-hybridized carbons (Fsp3) is 0.346. The molecule has 186 valence electrons. The summed E-state index contributed by atoms with van der Waals surface area (Å²) in [6.07, 6.45) is -4.50. The maximum absolute atomic E-state index is 11.8. The molecule has 0 saturated heterocycles. The SMILES string of the molecule is [2H]C([2H])([2H])C([2H])(N(CC([2H])([2H])C([2H])([2H])COCC(=O)NS(C)(=O)=O)c1cnc(-c2ccccc2)c(-c2ccccc2)n1)C([2H])([2H])[2H]. The van der Waals surface area contributed by atoms with Crippen molar-refractivity contribution in [2.45, 2.75) is 32.5 Å². The fourth-order valence-electron chi connectivity index (χ4n) is 3.01. The molecule has 2 aromatic carbocycles. The van der Waals surface area contributed by atoms with E-state index in [1.165, 1.54) is 0 Å². The first-order valence-corrected chi connectivity index (χ1v) is 12.2. The van der Waals surface area contributed by atoms with Crippen molar-refractivity contribution in [2.24, 2.45) is 0 Å². The van der Waals surface area contributed by atoms with E-state index in [1.807, 2.05) is 0 Å². The Morgan fingerprint density at radius 3 is 2.31 bits per heavy atom. The molecule has 0 aliphatic carbocycles. The number of benzene rings is 2. The van der Waals surface area contributed by atoms with Crippen molar-refractivity contribution < 1.29 is 33.0 Å². The van der Waals surface area contributed by atoms with Crippen LogP contribution in [0.5, 0.6) is 0 Å². The number of sulfonamides is 1. The number of carbonyl (C=O) groups is 1. The van der Waals surface area contributed by atoms with E-state index >= 15 is 0 Å². The van der Waals surface area contributed by atoms with Gasteiger partial charge in [-0.2, -0.15) is 0 Å². The Labute approximate surface area is 222 Å². The predicted molar refractivity (Wildman–Crippen MR) is 138 cm³/mol. The maximum atomic E-state index is 11.8. The molecule has 0 unspecified atom stereocenters. The predicted octanol–water partition coefficient (Wildman–Crippen LogP) is 3.90. The van der Waals surface area contributed by atoms with E-state index in [1.54, 1.807) is 65.4 Å². The Hall–Kier alpha value is -3.30. The molecule has 1 aromatic heterocycles. The highest BCUT2D eigenvalue weighted by molar-refractivity contribution is 7.89. The molecule has 0 aliphatic rings. The minimum atomic E-state index is -3.95. The van der Waals surface area contributed by atoms with Crippen LogP contribution in [0.25, 0.3) is 22.5 Å². The average Bonchev–Trinajstić information content (AvgIpc) is 2.94. The van der Waals surface area contributed by atoms with Crippen molar-refractivity contribution in [3.8, 4) is 22.5 Å². The molecule has 0 saturated carbocycles. The maximum Gasteiger partial charge on any atom is 0.259 e. The van der Waals surface area contributed by atoms with E-state index < -0.39 is 74.0 Å². The molecule has 3 rings (SSSR count). The molecular weight excluding hydrogens is 464 g/mol. The van der Waals surface area contributed by atoms with E-state index in [2.05, 4.69) is 9.97 Å². The topological polar surface area (TPSA) is 101 Å². The third-order valence-electron chi connectivity index (χ3n) is 4.47. The van der Waals surface area contributed by atoms with Gasteiger partial charge in [-0.05, 0) is 26.4 Å². The summed E-state index contributed by atoms with van der Waals surface area (Å²) in [7, 11) is -3.95. The quantitative estimate of drug-likeness (QED) is 0.397. The Balaban J connectivity index is 2.16. The van der Waals surface area contributed by atoms with Crippen LogP contribution in [0, 0.1) is 0 Å². The Kier molecular flexibility index (Phi) is 5.30. The van der Waals surface area contributed by atoms with E-state index in [4.69, 9.17) is 19.8 Å². The Bertz CT molecular complexity index is 1610. The van der Waals surface area contributed by atoms with Crippen molar-refractivity contribution in [1.82, 2.24) is 14.7 Å². The standard InChI is InChI=1S/C26H32N4O4S/c1-20(2)30(16-10-11-17-34-19-24(31)29-35(3,32)33)23-18-27-25(21-12-6-4-7-13-21)26(28-23)22-14-8-5-9-15-22/h4-9,12-15,18,20H,10-11,16-17,19H2,1-3H3,(H,29,31)/i1D3,2D3,10D2,11D2,20D. The lowest BCUT2D eigenvalue weighted by atomic mass is 10.0. The zero-order valence-electron chi connectivity index (χ0n) is 29.9. The fourth-order valence-corrected chi connectivity index (χ4v) is 3.48. The lowest BCUT2D eigenvalue weighted by Crippen LogP contribution is -2.33. The number of hydrogen-bond donors (Lipinski definition) is 1. The number of carbonyl (C=O) groups excluding carboxylic acids is 1. The molecule has 1 heterocycles. The van der Waals surface area contributed by atoms with E-state index in [9.17, 15) is 13.2 Å². The summed E-state index contributed by atoms with van der Waals surface area (Å²) in [4.78, 5) is 21.1. The summed E-state index contributed by atoms with van der Waals surface area (Å²) in [5.41, 5.74) is 1.54. The molecule has 1 N–H and O–H groups in total. The van der Waals surface area contributed by atoms with Gasteiger partial charge in [-0.3, -0.25) is 14.5 Å². The molecule has 9 heteroatoms. The lowest BCUT2D eigenvalue weighted by molar-refractivity contribution is -0.123. The second-order valence-electron chi connectivity index (χ2n) is 7.24. The van der Waals surface area contributed by atoms with Crippen LogP contribution in [-0.4, -0.2) is 56.3 Å². The molecule has 0 atom stereocenters. The summed E-state index contributed by atoms with van der Waals surface area (Å²) in [5.74, 6) is -1.69. The third-order valence-corrected chi connectivity index (χ3v) is 5.07. The second kappa shape index (κ2) is 12.4. The van der Waals surface area contributed by atoms with Crippen LogP contribution in [0.2, 0.25) is 0 Å². The first kappa shape index (κ1) is 15.0. The van der Waals surface area contributed by atoms with Gasteiger partial charge in [0.15, 0.2) is 0 Å². The summed E-state index contributed by atoms with van der Waals surface area (Å²) in [6, 6.07) is 13.6. The highest BCUT2D eigenvalue weighted by Gasteiger charge is 2.17. The molecule has 0 bridgehead atoms. The van der Waals surface area contributed by atoms with Crippen LogP contribution in [-0.2, 0) is 19.6 Å². The molecule has 8 nitrogen and oxygen atoms in total. The molecule has 0 radical (unpaired) electrons. The van der Waals surface area contributed by atoms with Gasteiger partial charge in [0.05, 0.1) is 25.2 Å². The van der Waals surface area contributed by atoms with Gasteiger partial charge in [0, 0.05) is 44.0 Å². The summed E-state index contributed by atoms with van der Waals surface area (Å²) in [5, 5.41) is 0. The summed E-state index contributed by atoms with van der Waals surface area (Å²) < 4.78 is 120. The first-order chi connectivity index (χ1) is 21.0. The average molecular weight is 508 g/mol. The van der Waals surface area contributed by atoms with Crippen molar-refractivity contribution in [3.63, 3.8) is 0 Å². The molecule has 35 heavy (non-hydrogen) atoms. The van der Waals surface area contributed by atoms with Gasteiger partial charge < -0.3 is 9.64 Å². The van der Waals surface area contributed by atoms with Gasteiger partial charge in [-0.25, -0.2) is 13.4 Å². The van der Waals surface area contributed by atoms with E-state index in [-0.39, 0.29) is 5.69 Å². The van der Waals surface area contributed by atoms with Crippen LogP contribution in [0.3, 0.4) is 0 Å². The molecule has 0 aliphatic heterocycles. The number of hydrogen-bond acceptors (Lipinski definition) is 7. The minimum absolute atomic E-state index is 0.150. The highest BCUT2D eigenvalue weighted by atomic mass is 32.2. The zero-order valence-corrected chi connectivity index (χ0v) is 19.7. The van der Waals surface area contributed by atoms with Crippen LogP contribution in [0.4, 0.5) is 5.82 Å². The van der Waals surface area contributed by atoms with Gasteiger partial charge in [0.1, 0.15) is 12.4 Å². The Morgan fingerprint density at radius 1 is 1.09 bits per heavy atom. The molecule has 3 aromatic rings. The number of nitrogens with one attached hydrogen (secondary N) is 1. The monoisotopic (exact) mass is 507 g/mol. The number of amides is 1. The normalized spacial score (nSPS) is 17.9. The Morgan fingerprint density at radius 2 is 1.71 bits per heavy atom. The number of rotatable bonds is 12. The summed E-state index contributed by atoms with van der Waals surface area (Å²) in [6.45, 7) is -10.7. The number of aromatic nitrogens is 2. The molecule has 1 amide bonds. The number of anilines is 1. The second-order valence-corrected chi connectivity index (χ2v) is 8.98. The summed E-state index contributed by atoms with van der Waals surface area (Å²) >= 11 is 0. The molecule has 0 spiro atoms. The van der Waals surface area contributed by atoms with Gasteiger partial charge in [-0.1, -0.05) is 60.7 Å². The smallest absolute Gasteiger partial charge is 0.259 e. The minimum Gasteiger partial charge on any atom is -0.372 e. The van der Waals surface area contributed by atoms with Gasteiger partial charge in [0.2, 0.25) is 10.0 Å². The van der Waals surface area contributed by atoms with E-state index in [0.717, 1.165) is 6.20 Å². The first-order valence-electron chi connectivity index (χ1n) is 15.8. The third kappa shape index (κ3) is 8.15. The molecule has 0 fully saturated rings. The van der Waals surface area contributed by atoms with Crippen molar-refractivity contribution in [3.05, 3.63) is 66.9 Å². The largest absolute Gasteiger partial charge is 0.372 e. The van der Waals surface area contributed by atoms with Gasteiger partial charge in [-0.15, -0.1) is 0 Å². The highest BCUT2D eigenvalue weighted by Crippen LogP contribution is 2.30. The van der Waals surface area contributed by atoms with Crippen molar-refractivity contribution in [1.29, 1.82) is 0 Å². The van der Waals surface area contributed by atoms with Crippen LogP contribution in [0.1, 0.15) is 41.5 Å². The molecular formula is C26H32N4O4S. The van der Waals surface area contributed by atoms with Crippen molar-refractivity contribution in [2.75, 3.05) is 30.9 Å². The van der Waals surface area contributed by atoms with Crippen molar-refractivity contribution >= 4 is 21.7 Å². The number of ether oxygens (including phenoxy) is 1.